The summed E-state index contributed by atoms with van der Waals surface area (Å²) in [4.78, 5) is 27.1. The van der Waals surface area contributed by atoms with E-state index in [2.05, 4.69) is 15.3 Å². The van der Waals surface area contributed by atoms with Gasteiger partial charge in [0.05, 0.1) is 6.26 Å². The van der Waals surface area contributed by atoms with Gasteiger partial charge in [-0.1, -0.05) is 6.42 Å². The normalized spacial score (nSPS) is 23.0. The molecule has 0 bridgehead atoms. The van der Waals surface area contributed by atoms with Gasteiger partial charge < -0.3 is 14.6 Å². The fourth-order valence-corrected chi connectivity index (χ4v) is 4.37. The van der Waals surface area contributed by atoms with Crippen molar-refractivity contribution in [1.82, 2.24) is 20.0 Å². The molecule has 2 aliphatic heterocycles. The van der Waals surface area contributed by atoms with Crippen LogP contribution in [-0.4, -0.2) is 46.3 Å². The number of carbonyl (C=O) groups excluding carboxylic acids is 1. The van der Waals surface area contributed by atoms with E-state index in [4.69, 9.17) is 4.42 Å². The Morgan fingerprint density at radius 2 is 2.07 bits per heavy atom. The molecule has 2 aliphatic rings. The van der Waals surface area contributed by atoms with E-state index in [1.165, 1.54) is 49.5 Å². The molecule has 0 aromatic carbocycles. The number of hydrogen-bond acceptors (Lipinski definition) is 5. The first-order valence-electron chi connectivity index (χ1n) is 9.83. The van der Waals surface area contributed by atoms with Crippen molar-refractivity contribution in [3.63, 3.8) is 0 Å². The Balaban J connectivity index is 1.37. The third kappa shape index (κ3) is 4.13. The van der Waals surface area contributed by atoms with Gasteiger partial charge in [-0.2, -0.15) is 5.10 Å². The summed E-state index contributed by atoms with van der Waals surface area (Å²) < 4.78 is 6.51. The average Bonchev–Trinajstić information content (AvgIpc) is 3.23. The fraction of sp³-hybridized carbons (Fsp3) is 0.550. The van der Waals surface area contributed by atoms with E-state index < -0.39 is 0 Å². The van der Waals surface area contributed by atoms with Crippen molar-refractivity contribution in [3.05, 3.63) is 40.9 Å². The van der Waals surface area contributed by atoms with Crippen LogP contribution in [0.3, 0.4) is 0 Å². The molecule has 0 unspecified atom stereocenters. The lowest BCUT2D eigenvalue weighted by Crippen LogP contribution is -2.51. The Morgan fingerprint density at radius 1 is 1.19 bits per heavy atom. The SMILES string of the molecule is O=C(Cn1nc(-c2ccco2)ccc1=O)NC[C@H]1CCCN2CCCC[C@H]12. The van der Waals surface area contributed by atoms with Crippen LogP contribution in [0.1, 0.15) is 32.1 Å². The van der Waals surface area contributed by atoms with Crippen molar-refractivity contribution >= 4 is 5.91 Å². The number of fused-ring (bicyclic) bond motifs is 1. The highest BCUT2D eigenvalue weighted by Gasteiger charge is 2.32. The Labute approximate surface area is 158 Å². The molecular weight excluding hydrogens is 344 g/mol. The molecule has 2 fully saturated rings. The summed E-state index contributed by atoms with van der Waals surface area (Å²) in [5.41, 5.74) is 0.245. The average molecular weight is 370 g/mol. The molecule has 4 rings (SSSR count). The lowest BCUT2D eigenvalue weighted by atomic mass is 9.83. The first-order chi connectivity index (χ1) is 13.2. The third-order valence-electron chi connectivity index (χ3n) is 5.72. The predicted molar refractivity (Wildman–Crippen MR) is 101 cm³/mol. The van der Waals surface area contributed by atoms with Gasteiger partial charge in [0, 0.05) is 18.7 Å². The van der Waals surface area contributed by atoms with Gasteiger partial charge in [0.15, 0.2) is 5.76 Å². The van der Waals surface area contributed by atoms with E-state index in [1.54, 1.807) is 24.5 Å². The summed E-state index contributed by atoms with van der Waals surface area (Å²) in [7, 11) is 0. The second-order valence-electron chi connectivity index (χ2n) is 7.50. The zero-order chi connectivity index (χ0) is 18.6. The Hall–Kier alpha value is -2.41. The molecule has 7 nitrogen and oxygen atoms in total. The Kier molecular flexibility index (Phi) is 5.38. The monoisotopic (exact) mass is 370 g/mol. The summed E-state index contributed by atoms with van der Waals surface area (Å²) in [6.07, 6.45) is 7.71. The first-order valence-corrected chi connectivity index (χ1v) is 9.83. The second-order valence-corrected chi connectivity index (χ2v) is 7.50. The summed E-state index contributed by atoms with van der Waals surface area (Å²) in [6.45, 7) is 2.98. The van der Waals surface area contributed by atoms with Crippen LogP contribution in [0.2, 0.25) is 0 Å². The van der Waals surface area contributed by atoms with E-state index in [9.17, 15) is 9.59 Å². The number of aromatic nitrogens is 2. The highest BCUT2D eigenvalue weighted by molar-refractivity contribution is 5.75. The topological polar surface area (TPSA) is 80.4 Å². The molecule has 1 N–H and O–H groups in total. The minimum Gasteiger partial charge on any atom is -0.463 e. The molecule has 0 radical (unpaired) electrons. The lowest BCUT2D eigenvalue weighted by Gasteiger charge is -2.44. The first kappa shape index (κ1) is 18.0. The number of nitrogens with zero attached hydrogens (tertiary/aromatic N) is 3. The molecule has 0 spiro atoms. The smallest absolute Gasteiger partial charge is 0.267 e. The minimum atomic E-state index is -0.295. The van der Waals surface area contributed by atoms with E-state index in [-0.39, 0.29) is 18.0 Å². The Bertz CT molecular complexity index is 828. The van der Waals surface area contributed by atoms with Crippen LogP contribution in [0.4, 0.5) is 0 Å². The number of rotatable bonds is 5. The number of hydrogen-bond donors (Lipinski definition) is 1. The van der Waals surface area contributed by atoms with Crippen molar-refractivity contribution in [2.24, 2.45) is 5.92 Å². The predicted octanol–water partition coefficient (Wildman–Crippen LogP) is 1.88. The van der Waals surface area contributed by atoms with E-state index in [1.807, 2.05) is 0 Å². The standard InChI is InChI=1S/C20H26N4O3/c25-19(21-13-15-5-3-11-23-10-2-1-6-17(15)23)14-24-20(26)9-8-16(22-24)18-7-4-12-27-18/h4,7-9,12,15,17H,1-3,5-6,10-11,13-14H2,(H,21,25)/t15-,17-/m1/s1. The maximum absolute atomic E-state index is 12.4. The Morgan fingerprint density at radius 3 is 2.93 bits per heavy atom. The van der Waals surface area contributed by atoms with Crippen LogP contribution in [0.5, 0.6) is 0 Å². The molecule has 2 atom stereocenters. The molecule has 27 heavy (non-hydrogen) atoms. The van der Waals surface area contributed by atoms with Crippen molar-refractivity contribution in [2.75, 3.05) is 19.6 Å². The van der Waals surface area contributed by atoms with Crippen LogP contribution in [0.15, 0.2) is 39.7 Å². The van der Waals surface area contributed by atoms with E-state index in [0.29, 0.717) is 30.0 Å². The van der Waals surface area contributed by atoms with Crippen molar-refractivity contribution in [3.8, 4) is 11.5 Å². The number of piperidine rings is 2. The minimum absolute atomic E-state index is 0.0749. The molecule has 144 valence electrons. The van der Waals surface area contributed by atoms with E-state index in [0.717, 1.165) is 6.42 Å². The quantitative estimate of drug-likeness (QED) is 0.869. The lowest BCUT2D eigenvalue weighted by molar-refractivity contribution is -0.122. The molecule has 7 heteroatoms. The second kappa shape index (κ2) is 8.08. The number of carbonyl (C=O) groups is 1. The molecule has 0 saturated carbocycles. The van der Waals surface area contributed by atoms with Crippen LogP contribution in [-0.2, 0) is 11.3 Å². The van der Waals surface area contributed by atoms with Gasteiger partial charge in [-0.05, 0) is 62.9 Å². The summed E-state index contributed by atoms with van der Waals surface area (Å²) >= 11 is 0. The van der Waals surface area contributed by atoms with Gasteiger partial charge in [-0.3, -0.25) is 9.59 Å². The molecule has 1 amide bonds. The highest BCUT2D eigenvalue weighted by atomic mass is 16.3. The van der Waals surface area contributed by atoms with Gasteiger partial charge in [-0.15, -0.1) is 0 Å². The number of furan rings is 1. The van der Waals surface area contributed by atoms with Crippen LogP contribution in [0.25, 0.3) is 11.5 Å². The zero-order valence-electron chi connectivity index (χ0n) is 15.5. The summed E-state index contributed by atoms with van der Waals surface area (Å²) in [5.74, 6) is 0.903. The van der Waals surface area contributed by atoms with Crippen molar-refractivity contribution in [1.29, 1.82) is 0 Å². The van der Waals surface area contributed by atoms with Crippen LogP contribution >= 0.6 is 0 Å². The molecule has 4 heterocycles. The van der Waals surface area contributed by atoms with Gasteiger partial charge in [0.25, 0.3) is 5.56 Å². The van der Waals surface area contributed by atoms with Gasteiger partial charge in [-0.25, -0.2) is 4.68 Å². The number of nitrogens with one attached hydrogen (secondary N) is 1. The summed E-state index contributed by atoms with van der Waals surface area (Å²) in [6, 6.07) is 7.15. The van der Waals surface area contributed by atoms with Crippen molar-refractivity contribution < 1.29 is 9.21 Å². The maximum atomic E-state index is 12.4. The van der Waals surface area contributed by atoms with E-state index >= 15 is 0 Å². The van der Waals surface area contributed by atoms with Crippen LogP contribution < -0.4 is 10.9 Å². The highest BCUT2D eigenvalue weighted by Crippen LogP contribution is 2.30. The maximum Gasteiger partial charge on any atom is 0.267 e. The van der Waals surface area contributed by atoms with Crippen LogP contribution in [0, 0.1) is 5.92 Å². The molecule has 2 saturated heterocycles. The number of amides is 1. The van der Waals surface area contributed by atoms with Gasteiger partial charge >= 0.3 is 0 Å². The van der Waals surface area contributed by atoms with Gasteiger partial charge in [0.2, 0.25) is 5.91 Å². The zero-order valence-corrected chi connectivity index (χ0v) is 15.5. The van der Waals surface area contributed by atoms with Crippen molar-refractivity contribution in [2.45, 2.75) is 44.7 Å². The summed E-state index contributed by atoms with van der Waals surface area (Å²) in [5, 5.41) is 7.28. The largest absolute Gasteiger partial charge is 0.463 e. The fourth-order valence-electron chi connectivity index (χ4n) is 4.37. The molecule has 2 aromatic heterocycles. The third-order valence-corrected chi connectivity index (χ3v) is 5.72. The molecular formula is C20H26N4O3. The molecule has 2 aromatic rings. The molecule has 0 aliphatic carbocycles. The van der Waals surface area contributed by atoms with Gasteiger partial charge in [0.1, 0.15) is 12.2 Å².